The summed E-state index contributed by atoms with van der Waals surface area (Å²) in [4.78, 5) is 33.7. The van der Waals surface area contributed by atoms with Gasteiger partial charge in [-0.05, 0) is 48.2 Å². The number of aliphatic hydroxyl groups is 1. The van der Waals surface area contributed by atoms with E-state index in [2.05, 4.69) is 19.9 Å². The van der Waals surface area contributed by atoms with Crippen LogP contribution in [-0.2, 0) is 4.79 Å². The Hall–Kier alpha value is -4.43. The fourth-order valence-electron chi connectivity index (χ4n) is 5.02. The molecule has 2 aromatic heterocycles. The molecular formula is C31H26N2O5S. The molecule has 5 aromatic rings. The van der Waals surface area contributed by atoms with Gasteiger partial charge in [-0.3, -0.25) is 14.5 Å². The molecule has 6 rings (SSSR count). The predicted molar refractivity (Wildman–Crippen MR) is 152 cm³/mol. The second kappa shape index (κ2) is 9.39. The minimum Gasteiger partial charge on any atom is -0.503 e. The molecule has 1 aliphatic heterocycles. The van der Waals surface area contributed by atoms with E-state index < -0.39 is 23.5 Å². The summed E-state index contributed by atoms with van der Waals surface area (Å²) in [5, 5.41) is 12.3. The number of ether oxygens (including phenoxy) is 1. The lowest BCUT2D eigenvalue weighted by Gasteiger charge is -2.24. The number of fused-ring (bicyclic) bond motifs is 2. The Balaban J connectivity index is 1.50. The molecule has 0 saturated heterocycles. The van der Waals surface area contributed by atoms with Crippen LogP contribution in [0.15, 0.2) is 82.5 Å². The molecule has 0 bridgehead atoms. The number of hydrogen-bond acceptors (Lipinski definition) is 7. The van der Waals surface area contributed by atoms with Gasteiger partial charge in [-0.2, -0.15) is 0 Å². The first kappa shape index (κ1) is 24.9. The number of para-hydroxylation sites is 1. The maximum absolute atomic E-state index is 14.0. The van der Waals surface area contributed by atoms with Crippen molar-refractivity contribution in [3.05, 3.63) is 101 Å². The molecule has 7 nitrogen and oxygen atoms in total. The van der Waals surface area contributed by atoms with Gasteiger partial charge in [-0.1, -0.05) is 73.2 Å². The third-order valence-electron chi connectivity index (χ3n) is 7.04. The van der Waals surface area contributed by atoms with E-state index in [1.807, 2.05) is 49.4 Å². The van der Waals surface area contributed by atoms with Crippen molar-refractivity contribution in [3.63, 3.8) is 0 Å². The summed E-state index contributed by atoms with van der Waals surface area (Å²) in [6, 6.07) is 19.7. The first-order valence-corrected chi connectivity index (χ1v) is 13.4. The number of benzene rings is 3. The minimum absolute atomic E-state index is 0.00854. The Morgan fingerprint density at radius 3 is 2.64 bits per heavy atom. The molecule has 1 atom stereocenters. The zero-order chi connectivity index (χ0) is 27.4. The van der Waals surface area contributed by atoms with Gasteiger partial charge in [0.15, 0.2) is 28.0 Å². The smallest absolute Gasteiger partial charge is 0.296 e. The number of aliphatic hydroxyl groups excluding tert-OH is 1. The second-order valence-corrected chi connectivity index (χ2v) is 11.0. The molecule has 0 spiro atoms. The average Bonchev–Trinajstić information content (AvgIpc) is 3.61. The van der Waals surface area contributed by atoms with Gasteiger partial charge < -0.3 is 14.3 Å². The zero-order valence-corrected chi connectivity index (χ0v) is 22.7. The standard InChI is InChI=1S/C31H26N2O5S/c1-16(2)18-11-12-21-24(15-18)39-31(32-21)33-26(19-8-5-7-17(3)13-19)25(28(35)30(33)36)27(34)23-14-20-9-6-10-22(37-4)29(20)38-23/h5-16,26,35H,1-4H3. The number of thiazole rings is 1. The maximum Gasteiger partial charge on any atom is 0.296 e. The number of methoxy groups -OCH3 is 1. The van der Waals surface area contributed by atoms with Crippen molar-refractivity contribution < 1.29 is 23.8 Å². The van der Waals surface area contributed by atoms with Crippen LogP contribution < -0.4 is 9.64 Å². The first-order chi connectivity index (χ1) is 18.8. The summed E-state index contributed by atoms with van der Waals surface area (Å²) >= 11 is 1.36. The summed E-state index contributed by atoms with van der Waals surface area (Å²) in [6.07, 6.45) is 0. The Kier molecular flexibility index (Phi) is 5.99. The number of aromatic nitrogens is 1. The van der Waals surface area contributed by atoms with Gasteiger partial charge in [0.25, 0.3) is 5.91 Å². The quantitative estimate of drug-likeness (QED) is 0.229. The number of anilines is 1. The Morgan fingerprint density at radius 2 is 1.90 bits per heavy atom. The molecule has 0 fully saturated rings. The van der Waals surface area contributed by atoms with Gasteiger partial charge in [0, 0.05) is 5.39 Å². The molecular weight excluding hydrogens is 512 g/mol. The number of carbonyl (C=O) groups excluding carboxylic acids is 2. The highest BCUT2D eigenvalue weighted by Gasteiger charge is 2.46. The van der Waals surface area contributed by atoms with Crippen LogP contribution in [0.2, 0.25) is 0 Å². The molecule has 3 heterocycles. The maximum atomic E-state index is 14.0. The van der Waals surface area contributed by atoms with Crippen LogP contribution in [0.5, 0.6) is 5.75 Å². The van der Waals surface area contributed by atoms with Gasteiger partial charge in [0.2, 0.25) is 5.78 Å². The van der Waals surface area contributed by atoms with E-state index >= 15 is 0 Å². The van der Waals surface area contributed by atoms with E-state index in [1.165, 1.54) is 23.3 Å². The number of rotatable bonds is 6. The normalized spacial score (nSPS) is 15.8. The molecule has 0 aliphatic carbocycles. The minimum atomic E-state index is -0.884. The average molecular weight is 539 g/mol. The number of furan rings is 1. The first-order valence-electron chi connectivity index (χ1n) is 12.6. The van der Waals surface area contributed by atoms with Gasteiger partial charge >= 0.3 is 0 Å². The summed E-state index contributed by atoms with van der Waals surface area (Å²) in [5.41, 5.74) is 3.93. The third-order valence-corrected chi connectivity index (χ3v) is 8.05. The van der Waals surface area contributed by atoms with Crippen molar-refractivity contribution in [2.45, 2.75) is 32.7 Å². The monoisotopic (exact) mass is 538 g/mol. The largest absolute Gasteiger partial charge is 0.503 e. The third kappa shape index (κ3) is 4.08. The molecule has 1 unspecified atom stereocenters. The number of aryl methyl sites for hydroxylation is 1. The van der Waals surface area contributed by atoms with Gasteiger partial charge in [-0.25, -0.2) is 4.98 Å². The van der Waals surface area contributed by atoms with Crippen LogP contribution in [0.4, 0.5) is 5.13 Å². The summed E-state index contributed by atoms with van der Waals surface area (Å²) in [6.45, 7) is 6.18. The van der Waals surface area contributed by atoms with Gasteiger partial charge in [-0.15, -0.1) is 0 Å². The molecule has 8 heteroatoms. The molecule has 0 radical (unpaired) electrons. The van der Waals surface area contributed by atoms with E-state index in [0.717, 1.165) is 21.3 Å². The van der Waals surface area contributed by atoms with Crippen molar-refractivity contribution in [2.75, 3.05) is 12.0 Å². The summed E-state index contributed by atoms with van der Waals surface area (Å²) < 4.78 is 12.2. The number of ketones is 1. The van der Waals surface area contributed by atoms with E-state index in [0.29, 0.717) is 33.3 Å². The van der Waals surface area contributed by atoms with Crippen LogP contribution in [0.1, 0.15) is 53.1 Å². The zero-order valence-electron chi connectivity index (χ0n) is 21.9. The highest BCUT2D eigenvalue weighted by Crippen LogP contribution is 2.45. The van der Waals surface area contributed by atoms with Crippen LogP contribution in [0.25, 0.3) is 21.2 Å². The van der Waals surface area contributed by atoms with Crippen molar-refractivity contribution in [1.29, 1.82) is 0 Å². The van der Waals surface area contributed by atoms with Crippen molar-refractivity contribution in [3.8, 4) is 5.75 Å². The van der Waals surface area contributed by atoms with Crippen LogP contribution in [0.3, 0.4) is 0 Å². The predicted octanol–water partition coefficient (Wildman–Crippen LogP) is 7.27. The molecule has 1 aliphatic rings. The number of amides is 1. The lowest BCUT2D eigenvalue weighted by atomic mass is 9.94. The highest BCUT2D eigenvalue weighted by molar-refractivity contribution is 7.22. The van der Waals surface area contributed by atoms with Crippen LogP contribution in [0, 0.1) is 6.92 Å². The molecule has 1 N–H and O–H groups in total. The SMILES string of the molecule is COc1cccc2cc(C(=O)C3=C(O)C(=O)N(c4nc5ccc(C(C)C)cc5s4)C3c3cccc(C)c3)oc12. The molecule has 39 heavy (non-hydrogen) atoms. The van der Waals surface area contributed by atoms with Gasteiger partial charge in [0.1, 0.15) is 0 Å². The van der Waals surface area contributed by atoms with E-state index in [4.69, 9.17) is 14.1 Å². The van der Waals surface area contributed by atoms with Crippen molar-refractivity contribution >= 4 is 49.3 Å². The van der Waals surface area contributed by atoms with E-state index in [9.17, 15) is 14.7 Å². The topological polar surface area (TPSA) is 92.9 Å². The second-order valence-electron chi connectivity index (χ2n) is 9.95. The Labute approximate surface area is 229 Å². The molecule has 3 aromatic carbocycles. The molecule has 0 saturated carbocycles. The number of hydrogen-bond donors (Lipinski definition) is 1. The highest BCUT2D eigenvalue weighted by atomic mass is 32.1. The number of nitrogens with zero attached hydrogens (tertiary/aromatic N) is 2. The summed E-state index contributed by atoms with van der Waals surface area (Å²) in [7, 11) is 1.52. The Bertz CT molecular complexity index is 1810. The van der Waals surface area contributed by atoms with E-state index in [-0.39, 0.29) is 11.3 Å². The fourth-order valence-corrected chi connectivity index (χ4v) is 6.06. The Morgan fingerprint density at radius 1 is 1.10 bits per heavy atom. The number of Topliss-reactive ketones (excluding diaryl/α,β-unsaturated/α-hetero) is 1. The molecule has 1 amide bonds. The lowest BCUT2D eigenvalue weighted by molar-refractivity contribution is -0.117. The number of carbonyl (C=O) groups is 2. The van der Waals surface area contributed by atoms with Crippen LogP contribution >= 0.6 is 11.3 Å². The van der Waals surface area contributed by atoms with Crippen molar-refractivity contribution in [2.24, 2.45) is 0 Å². The van der Waals surface area contributed by atoms with Gasteiger partial charge in [0.05, 0.1) is 28.9 Å². The van der Waals surface area contributed by atoms with Crippen LogP contribution in [-0.4, -0.2) is 28.9 Å². The van der Waals surface area contributed by atoms with Crippen molar-refractivity contribution in [1.82, 2.24) is 4.98 Å². The van der Waals surface area contributed by atoms with E-state index in [1.54, 1.807) is 18.2 Å². The lowest BCUT2D eigenvalue weighted by Crippen LogP contribution is -2.31. The molecule has 196 valence electrons. The fraction of sp³-hybridized carbons (Fsp3) is 0.194. The summed E-state index contributed by atoms with van der Waals surface area (Å²) in [5.74, 6) is -1.03.